The number of amides is 1. The third-order valence-corrected chi connectivity index (χ3v) is 4.67. The summed E-state index contributed by atoms with van der Waals surface area (Å²) in [5.41, 5.74) is 7.30. The minimum Gasteiger partial charge on any atom is -0.497 e. The van der Waals surface area contributed by atoms with Gasteiger partial charge in [-0.3, -0.25) is 4.79 Å². The average molecular weight is 304 g/mol. The van der Waals surface area contributed by atoms with E-state index in [1.54, 1.807) is 7.11 Å². The van der Waals surface area contributed by atoms with Crippen molar-refractivity contribution in [3.8, 4) is 5.75 Å². The van der Waals surface area contributed by atoms with E-state index in [2.05, 4.69) is 0 Å². The first-order valence-corrected chi connectivity index (χ1v) is 8.30. The number of rotatable bonds is 6. The highest BCUT2D eigenvalue weighted by atomic mass is 16.5. The maximum atomic E-state index is 12.6. The molecular formula is C18H28N2O2. The summed E-state index contributed by atoms with van der Waals surface area (Å²) in [5.74, 6) is 1.41. The number of hydrogen-bond acceptors (Lipinski definition) is 3. The quantitative estimate of drug-likeness (QED) is 0.879. The zero-order chi connectivity index (χ0) is 15.9. The summed E-state index contributed by atoms with van der Waals surface area (Å²) in [6.45, 7) is 3.41. The van der Waals surface area contributed by atoms with E-state index in [0.717, 1.165) is 30.7 Å². The lowest BCUT2D eigenvalue weighted by Crippen LogP contribution is -2.38. The van der Waals surface area contributed by atoms with Gasteiger partial charge in [0.25, 0.3) is 0 Å². The predicted octanol–water partition coefficient (Wildman–Crippen LogP) is 2.95. The summed E-state index contributed by atoms with van der Waals surface area (Å²) in [4.78, 5) is 14.5. The van der Waals surface area contributed by atoms with Crippen LogP contribution in [-0.2, 0) is 11.3 Å². The second kappa shape index (κ2) is 8.18. The van der Waals surface area contributed by atoms with Crippen molar-refractivity contribution < 1.29 is 9.53 Å². The minimum absolute atomic E-state index is 0.192. The molecule has 0 spiro atoms. The monoisotopic (exact) mass is 304 g/mol. The molecule has 0 aromatic heterocycles. The Bertz CT molecular complexity index is 472. The number of benzene rings is 1. The number of nitrogens with two attached hydrogens (primary N) is 1. The lowest BCUT2D eigenvalue weighted by molar-refractivity contribution is -0.133. The fourth-order valence-corrected chi connectivity index (χ4v) is 3.17. The highest BCUT2D eigenvalue weighted by Gasteiger charge is 2.26. The van der Waals surface area contributed by atoms with Crippen LogP contribution in [0.5, 0.6) is 5.75 Å². The Morgan fingerprint density at radius 2 is 1.95 bits per heavy atom. The maximum Gasteiger partial charge on any atom is 0.223 e. The topological polar surface area (TPSA) is 55.6 Å². The number of methoxy groups -OCH3 is 1. The molecule has 1 aromatic rings. The molecule has 0 heterocycles. The van der Waals surface area contributed by atoms with Crippen LogP contribution in [-0.4, -0.2) is 30.5 Å². The SMILES string of the molecule is CCN(Cc1ccc(OC)cc1)C(=O)CC1CCCCC1N. The van der Waals surface area contributed by atoms with Gasteiger partial charge in [-0.05, 0) is 43.4 Å². The lowest BCUT2D eigenvalue weighted by Gasteiger charge is -2.30. The Morgan fingerprint density at radius 3 is 2.55 bits per heavy atom. The minimum atomic E-state index is 0.192. The average Bonchev–Trinajstić information content (AvgIpc) is 2.55. The normalized spacial score (nSPS) is 21.4. The van der Waals surface area contributed by atoms with Gasteiger partial charge in [-0.1, -0.05) is 25.0 Å². The Labute approximate surface area is 133 Å². The molecule has 1 saturated carbocycles. The van der Waals surface area contributed by atoms with Gasteiger partial charge >= 0.3 is 0 Å². The van der Waals surface area contributed by atoms with E-state index < -0.39 is 0 Å². The third-order valence-electron chi connectivity index (χ3n) is 4.67. The maximum absolute atomic E-state index is 12.6. The van der Waals surface area contributed by atoms with E-state index in [9.17, 15) is 4.79 Å². The van der Waals surface area contributed by atoms with Crippen LogP contribution in [0.1, 0.15) is 44.6 Å². The molecule has 2 atom stereocenters. The van der Waals surface area contributed by atoms with Crippen LogP contribution in [0, 0.1) is 5.92 Å². The second-order valence-electron chi connectivity index (χ2n) is 6.17. The molecule has 1 aliphatic rings. The zero-order valence-corrected chi connectivity index (χ0v) is 13.8. The highest BCUT2D eigenvalue weighted by Crippen LogP contribution is 2.26. The van der Waals surface area contributed by atoms with Gasteiger partial charge in [0.15, 0.2) is 0 Å². The van der Waals surface area contributed by atoms with Gasteiger partial charge in [0.05, 0.1) is 7.11 Å². The van der Waals surface area contributed by atoms with Crippen LogP contribution < -0.4 is 10.5 Å². The molecule has 2 unspecified atom stereocenters. The molecule has 0 saturated heterocycles. The molecule has 22 heavy (non-hydrogen) atoms. The first-order valence-electron chi connectivity index (χ1n) is 8.30. The number of ether oxygens (including phenoxy) is 1. The molecule has 1 aliphatic carbocycles. The van der Waals surface area contributed by atoms with Crippen LogP contribution in [0.25, 0.3) is 0 Å². The standard InChI is InChI=1S/C18H28N2O2/c1-3-20(13-14-8-10-16(22-2)11-9-14)18(21)12-15-6-4-5-7-17(15)19/h8-11,15,17H,3-7,12-13,19H2,1-2H3. The van der Waals surface area contributed by atoms with Crippen molar-refractivity contribution in [3.63, 3.8) is 0 Å². The van der Waals surface area contributed by atoms with Crippen molar-refractivity contribution in [2.75, 3.05) is 13.7 Å². The summed E-state index contributed by atoms with van der Waals surface area (Å²) in [7, 11) is 1.66. The van der Waals surface area contributed by atoms with E-state index in [1.165, 1.54) is 12.8 Å². The van der Waals surface area contributed by atoms with E-state index in [0.29, 0.717) is 18.9 Å². The van der Waals surface area contributed by atoms with Gasteiger partial charge < -0.3 is 15.4 Å². The Balaban J connectivity index is 1.93. The molecule has 4 heteroatoms. The van der Waals surface area contributed by atoms with E-state index in [4.69, 9.17) is 10.5 Å². The van der Waals surface area contributed by atoms with Crippen LogP contribution in [0.2, 0.25) is 0 Å². The summed E-state index contributed by atoms with van der Waals surface area (Å²) in [5, 5.41) is 0. The second-order valence-corrected chi connectivity index (χ2v) is 6.17. The van der Waals surface area contributed by atoms with Crippen LogP contribution in [0.4, 0.5) is 0 Å². The van der Waals surface area contributed by atoms with Crippen molar-refractivity contribution in [3.05, 3.63) is 29.8 Å². The Hall–Kier alpha value is -1.55. The highest BCUT2D eigenvalue weighted by molar-refractivity contribution is 5.76. The third kappa shape index (κ3) is 4.47. The Morgan fingerprint density at radius 1 is 1.27 bits per heavy atom. The van der Waals surface area contributed by atoms with Crippen LogP contribution >= 0.6 is 0 Å². The van der Waals surface area contributed by atoms with Crippen molar-refractivity contribution in [1.82, 2.24) is 4.90 Å². The van der Waals surface area contributed by atoms with E-state index >= 15 is 0 Å². The summed E-state index contributed by atoms with van der Waals surface area (Å²) < 4.78 is 5.17. The van der Waals surface area contributed by atoms with Gasteiger partial charge in [-0.15, -0.1) is 0 Å². The Kier molecular flexibility index (Phi) is 6.25. The number of carbonyl (C=O) groups is 1. The molecule has 4 nitrogen and oxygen atoms in total. The molecule has 2 N–H and O–H groups in total. The first-order chi connectivity index (χ1) is 10.6. The number of carbonyl (C=O) groups excluding carboxylic acids is 1. The molecule has 2 rings (SSSR count). The smallest absolute Gasteiger partial charge is 0.223 e. The number of nitrogens with zero attached hydrogens (tertiary/aromatic N) is 1. The summed E-state index contributed by atoms with van der Waals surface area (Å²) >= 11 is 0. The van der Waals surface area contributed by atoms with Gasteiger partial charge in [-0.25, -0.2) is 0 Å². The summed E-state index contributed by atoms with van der Waals surface area (Å²) in [6.07, 6.45) is 5.14. The van der Waals surface area contributed by atoms with Gasteiger partial charge in [0.2, 0.25) is 5.91 Å². The fraction of sp³-hybridized carbons (Fsp3) is 0.611. The zero-order valence-electron chi connectivity index (χ0n) is 13.8. The van der Waals surface area contributed by atoms with Crippen molar-refractivity contribution in [1.29, 1.82) is 0 Å². The van der Waals surface area contributed by atoms with Crippen LogP contribution in [0.3, 0.4) is 0 Å². The first kappa shape index (κ1) is 16.8. The van der Waals surface area contributed by atoms with Gasteiger partial charge in [0, 0.05) is 25.6 Å². The molecule has 122 valence electrons. The van der Waals surface area contributed by atoms with E-state index in [1.807, 2.05) is 36.1 Å². The molecule has 1 fully saturated rings. The lowest BCUT2D eigenvalue weighted by atomic mass is 9.82. The number of hydrogen-bond donors (Lipinski definition) is 1. The van der Waals surface area contributed by atoms with Crippen LogP contribution in [0.15, 0.2) is 24.3 Å². The van der Waals surface area contributed by atoms with Gasteiger partial charge in [0.1, 0.15) is 5.75 Å². The van der Waals surface area contributed by atoms with Crippen molar-refractivity contribution >= 4 is 5.91 Å². The van der Waals surface area contributed by atoms with Crippen molar-refractivity contribution in [2.24, 2.45) is 11.7 Å². The summed E-state index contributed by atoms with van der Waals surface area (Å²) in [6, 6.07) is 8.09. The molecule has 0 aliphatic heterocycles. The predicted molar refractivity (Wildman–Crippen MR) is 88.6 cm³/mol. The van der Waals surface area contributed by atoms with Gasteiger partial charge in [-0.2, -0.15) is 0 Å². The van der Waals surface area contributed by atoms with E-state index in [-0.39, 0.29) is 11.9 Å². The molecule has 0 bridgehead atoms. The van der Waals surface area contributed by atoms with Crippen molar-refractivity contribution in [2.45, 2.75) is 51.6 Å². The molecular weight excluding hydrogens is 276 g/mol. The molecule has 1 aromatic carbocycles. The fourth-order valence-electron chi connectivity index (χ4n) is 3.17. The molecule has 0 radical (unpaired) electrons. The molecule has 1 amide bonds. The largest absolute Gasteiger partial charge is 0.497 e.